The van der Waals surface area contributed by atoms with Crippen LogP contribution in [0.15, 0.2) is 65.8 Å². The number of aromatic hydroxyl groups is 1. The molecular weight excluding hydrogens is 1200 g/mol. The van der Waals surface area contributed by atoms with Crippen LogP contribution in [-0.4, -0.2) is 154 Å². The molecule has 10 N–H and O–H groups in total. The molecule has 0 aromatic heterocycles. The van der Waals surface area contributed by atoms with E-state index >= 15 is 9.59 Å². The van der Waals surface area contributed by atoms with Crippen molar-refractivity contribution in [2.75, 3.05) is 37.0 Å². The second kappa shape index (κ2) is 22.2. The van der Waals surface area contributed by atoms with E-state index in [1.54, 1.807) is 18.2 Å². The van der Waals surface area contributed by atoms with Gasteiger partial charge < -0.3 is 65.6 Å². The van der Waals surface area contributed by atoms with Crippen molar-refractivity contribution in [2.24, 2.45) is 91.7 Å². The maximum absolute atomic E-state index is 17.0. The van der Waals surface area contributed by atoms with Crippen molar-refractivity contribution in [3.8, 4) is 5.75 Å². The summed E-state index contributed by atoms with van der Waals surface area (Å²) in [6.07, 6.45) is 23.9. The molecule has 7 saturated carbocycles. The van der Waals surface area contributed by atoms with Crippen LogP contribution in [0.1, 0.15) is 175 Å². The van der Waals surface area contributed by atoms with E-state index in [0.29, 0.717) is 113 Å². The van der Waals surface area contributed by atoms with Gasteiger partial charge in [-0.25, -0.2) is 0 Å². The summed E-state index contributed by atoms with van der Waals surface area (Å²) in [6.45, 7) is 8.33. The molecule has 7 heterocycles. The number of epoxide rings is 1. The van der Waals surface area contributed by atoms with Crippen LogP contribution in [0.5, 0.6) is 5.75 Å². The summed E-state index contributed by atoms with van der Waals surface area (Å²) in [4.78, 5) is 35.4. The summed E-state index contributed by atoms with van der Waals surface area (Å²) >= 11 is 0. The Labute approximate surface area is 551 Å². The highest BCUT2D eigenvalue weighted by molar-refractivity contribution is 8.76. The fourth-order valence-corrected chi connectivity index (χ4v) is 29.6. The molecule has 1 aromatic carbocycles. The van der Waals surface area contributed by atoms with Crippen LogP contribution >= 0.6 is 21.6 Å². The number of amides is 1. The largest absolute Gasteiger partial charge is 0.508 e. The van der Waals surface area contributed by atoms with Crippen molar-refractivity contribution in [1.82, 2.24) is 5.32 Å². The molecule has 18 rings (SSSR count). The van der Waals surface area contributed by atoms with Crippen LogP contribution in [0.25, 0.3) is 0 Å². The average Bonchev–Trinajstić information content (AvgIpc) is 1.07. The number of nitrogens with zero attached hydrogens (tertiary/aromatic N) is 1. The number of phenols is 1. The minimum absolute atomic E-state index is 0.0205. The lowest BCUT2D eigenvalue weighted by molar-refractivity contribution is -0.309. The van der Waals surface area contributed by atoms with Crippen LogP contribution in [0.4, 0.5) is 5.69 Å². The summed E-state index contributed by atoms with van der Waals surface area (Å²) in [7, 11) is 2.59. The van der Waals surface area contributed by atoms with E-state index < -0.39 is 115 Å². The molecule has 7 aliphatic heterocycles. The highest BCUT2D eigenvalue weighted by atomic mass is 33.1. The first-order valence-electron chi connectivity index (χ1n) is 36.3. The molecule has 1 amide bonds. The number of aliphatic hydroxyl groups excluding tert-OH is 5. The van der Waals surface area contributed by atoms with Gasteiger partial charge in [-0.3, -0.25) is 9.59 Å². The highest BCUT2D eigenvalue weighted by Gasteiger charge is 2.84. The Morgan fingerprint density at radius 1 is 0.859 bits per heavy atom. The lowest BCUT2D eigenvalue weighted by Crippen LogP contribution is -2.79. The van der Waals surface area contributed by atoms with E-state index in [2.05, 4.69) is 56.5 Å². The standard InChI is InChI=1S/C75H104N2O13S2/c1-42(2)43(3)61-63(90-61)72(86)24-11-16-47-33-54-55-36-59(81)71(37-60(82)74(88,41-79)69(66(54,71)4)22-8-9-23-69)65(85)92-91-39-49-15-10-14-48(38-78)75(49)64(84)77(50-29-44(30-51(80)34-50)17-26-70(47)58(72)19-27-73(55,70)87)40-67(75)25-18-52(62(67)83)56-32-46-31-45-13-12-28-89-57(45)35-53(46)68(76-56)20-6-5-7-21-68/h11-13,16,29-31,34,36,42-43,46-49,52-54,56-58,60-63,65,76,78-80,82-83,85-88H,5-10,14-15,17-28,32-33,35,37-41H2,1-4H3/t43-,46+,47+,48-,49+,52+,53-,54+,56-,57+,58+,60-,61+,62-,63-,65-,66+,67+,70-,71+,72-,73-,74-,75-/m1/s1. The lowest BCUT2D eigenvalue weighted by Gasteiger charge is -2.74. The van der Waals surface area contributed by atoms with Gasteiger partial charge in [0.15, 0.2) is 5.78 Å². The topological polar surface area (TPSA) is 253 Å². The SMILES string of the molecule is CC(C)[C@@H](C)[C@@H]1O[C@H]1[C@@]1(O)CC=C[C@H]2C[C@H]3C4=CC(=O)[C@@]5(C[C@@H](O)[C@](O)(CO)C6(CCCC6)[C@]35C)[C@H](O)SSC[C@@H]3CCC[C@H](CO)[C@]35C(=O)N(C[C@]53CC[C@@H]([C@H]5C[C@@H]6C=C7C=CCO[C@H]7C[C@H]6C6(CCCCC6)N5)[C@H]3O)c3cc(O)cc(c3)CC[C@]23[C@@H]1CC[C@@]43O. The number of allylic oxidation sites excluding steroid dienone is 3. The first-order chi connectivity index (χ1) is 44.0. The zero-order valence-corrected chi connectivity index (χ0v) is 56.4. The Balaban J connectivity index is 0.858. The van der Waals surface area contributed by atoms with Crippen LogP contribution in [0.3, 0.4) is 0 Å². The van der Waals surface area contributed by atoms with E-state index in [1.807, 2.05) is 17.9 Å². The van der Waals surface area contributed by atoms with Gasteiger partial charge in [0, 0.05) is 70.3 Å². The van der Waals surface area contributed by atoms with Gasteiger partial charge >= 0.3 is 0 Å². The van der Waals surface area contributed by atoms with Crippen molar-refractivity contribution in [2.45, 2.75) is 240 Å². The van der Waals surface area contributed by atoms with E-state index in [9.17, 15) is 46.0 Å². The molecule has 0 unspecified atom stereocenters. The Kier molecular flexibility index (Phi) is 15.5. The maximum atomic E-state index is 17.0. The summed E-state index contributed by atoms with van der Waals surface area (Å²) in [5, 5.41) is 123. The van der Waals surface area contributed by atoms with Gasteiger partial charge in [-0.1, -0.05) is 118 Å². The predicted molar refractivity (Wildman–Crippen MR) is 353 cm³/mol. The number of ketones is 1. The fraction of sp³-hybridized carbons (Fsp3) is 0.787. The first-order valence-corrected chi connectivity index (χ1v) is 38.7. The number of piperidine rings is 1. The third-order valence-corrected chi connectivity index (χ3v) is 33.5. The molecule has 17 heteroatoms. The number of anilines is 1. The van der Waals surface area contributed by atoms with Gasteiger partial charge in [0.1, 0.15) is 28.5 Å². The van der Waals surface area contributed by atoms with Gasteiger partial charge in [0.2, 0.25) is 5.91 Å². The van der Waals surface area contributed by atoms with Gasteiger partial charge in [0.25, 0.3) is 0 Å². The Hall–Kier alpha value is -2.62. The zero-order valence-electron chi connectivity index (χ0n) is 54.7. The minimum atomic E-state index is -2.06. The molecule has 10 fully saturated rings. The van der Waals surface area contributed by atoms with Gasteiger partial charge in [-0.15, -0.1) is 0 Å². The molecule has 0 radical (unpaired) electrons. The quantitative estimate of drug-likeness (QED) is 0.0724. The van der Waals surface area contributed by atoms with Crippen LogP contribution in [-0.2, 0) is 25.5 Å². The number of nitrogens with one attached hydrogen (secondary N) is 1. The molecule has 6 spiro atoms. The van der Waals surface area contributed by atoms with Gasteiger partial charge in [-0.2, -0.15) is 0 Å². The summed E-state index contributed by atoms with van der Waals surface area (Å²) in [5.74, 6) is -1.89. The number of carbonyl (C=O) groups excluding carboxylic acids is 2. The molecule has 1 aromatic rings. The third-order valence-electron chi connectivity index (χ3n) is 30.9. The highest BCUT2D eigenvalue weighted by Crippen LogP contribution is 2.82. The molecule has 3 saturated heterocycles. The van der Waals surface area contributed by atoms with Crippen LogP contribution in [0, 0.1) is 91.7 Å². The Morgan fingerprint density at radius 2 is 1.64 bits per heavy atom. The number of rotatable bonds is 6. The Morgan fingerprint density at radius 3 is 2.40 bits per heavy atom. The van der Waals surface area contributed by atoms with Crippen LogP contribution in [0.2, 0.25) is 0 Å². The van der Waals surface area contributed by atoms with E-state index in [4.69, 9.17) is 9.47 Å². The molecule has 10 aliphatic carbocycles. The zero-order chi connectivity index (χ0) is 64.1. The molecule has 24 atom stereocenters. The van der Waals surface area contributed by atoms with Crippen molar-refractivity contribution >= 4 is 39.0 Å². The molecular formula is C75H104N2O13S2. The fourth-order valence-electron chi connectivity index (χ4n) is 26.5. The monoisotopic (exact) mass is 1300 g/mol. The average molecular weight is 1310 g/mol. The number of hydrogen-bond acceptors (Lipinski definition) is 16. The van der Waals surface area contributed by atoms with Crippen molar-refractivity contribution in [3.63, 3.8) is 0 Å². The summed E-state index contributed by atoms with van der Waals surface area (Å²) < 4.78 is 13.1. The normalized spacial score (nSPS) is 49.9. The van der Waals surface area contributed by atoms with E-state index in [-0.39, 0.29) is 85.1 Å². The second-order valence-corrected chi connectivity index (χ2v) is 36.1. The minimum Gasteiger partial charge on any atom is -0.508 e. The maximum Gasteiger partial charge on any atom is 0.234 e. The number of carbonyl (C=O) groups is 2. The van der Waals surface area contributed by atoms with Crippen molar-refractivity contribution in [1.29, 1.82) is 0 Å². The molecule has 15 nitrogen and oxygen atoms in total. The van der Waals surface area contributed by atoms with E-state index in [1.165, 1.54) is 33.6 Å². The van der Waals surface area contributed by atoms with Crippen LogP contribution < -0.4 is 10.2 Å². The van der Waals surface area contributed by atoms with E-state index in [0.717, 1.165) is 50.5 Å². The number of fused-ring (bicyclic) bond motifs is 4. The predicted octanol–water partition coefficient (Wildman–Crippen LogP) is 9.18. The number of benzene rings is 1. The number of aryl methyl sites for hydroxylation is 1. The molecule has 504 valence electrons. The third kappa shape index (κ3) is 8.12. The first kappa shape index (κ1) is 64.1. The molecule has 8 bridgehead atoms. The summed E-state index contributed by atoms with van der Waals surface area (Å²) in [5.41, 5.74) is -11.6. The number of phenolic OH excluding ortho intramolecular Hbond substituents is 1. The lowest BCUT2D eigenvalue weighted by atomic mass is 9.31. The Bertz CT molecular complexity index is 3250. The molecule has 92 heavy (non-hydrogen) atoms. The summed E-state index contributed by atoms with van der Waals surface area (Å²) in [6, 6.07) is 5.41. The van der Waals surface area contributed by atoms with Gasteiger partial charge in [-0.05, 0) is 197 Å². The molecule has 17 aliphatic rings. The number of ether oxygens (including phenoxy) is 2. The number of aliphatic hydroxyl groups is 8. The second-order valence-electron chi connectivity index (χ2n) is 33.6. The smallest absolute Gasteiger partial charge is 0.234 e. The van der Waals surface area contributed by atoms with Crippen molar-refractivity contribution in [3.05, 3.63) is 71.4 Å². The van der Waals surface area contributed by atoms with Gasteiger partial charge in [0.05, 0.1) is 54.1 Å². The number of hydrogen-bond donors (Lipinski definition) is 10. The van der Waals surface area contributed by atoms with Crippen molar-refractivity contribution < 1.29 is 65.0 Å².